The second-order valence-corrected chi connectivity index (χ2v) is 4.41. The lowest BCUT2D eigenvalue weighted by Gasteiger charge is -2.09. The SMILES string of the molecule is COc1ccc(O)c(CNC(=O)OCc2ccccc2)c1. The van der Waals surface area contributed by atoms with Crippen LogP contribution in [0.4, 0.5) is 4.79 Å². The summed E-state index contributed by atoms with van der Waals surface area (Å²) in [5.74, 6) is 0.710. The van der Waals surface area contributed by atoms with Crippen LogP contribution in [-0.2, 0) is 17.9 Å². The van der Waals surface area contributed by atoms with E-state index in [-0.39, 0.29) is 18.9 Å². The van der Waals surface area contributed by atoms with Crippen molar-refractivity contribution in [1.82, 2.24) is 5.32 Å². The van der Waals surface area contributed by atoms with Crippen LogP contribution in [0.15, 0.2) is 48.5 Å². The molecule has 2 aromatic rings. The number of carbonyl (C=O) groups excluding carboxylic acids is 1. The average molecular weight is 287 g/mol. The van der Waals surface area contributed by atoms with Gasteiger partial charge >= 0.3 is 6.09 Å². The van der Waals surface area contributed by atoms with Crippen LogP contribution in [0, 0.1) is 0 Å². The Morgan fingerprint density at radius 1 is 1.19 bits per heavy atom. The van der Waals surface area contributed by atoms with Gasteiger partial charge in [0.05, 0.1) is 7.11 Å². The number of carbonyl (C=O) groups is 1. The van der Waals surface area contributed by atoms with Crippen LogP contribution in [0.1, 0.15) is 11.1 Å². The molecule has 0 aliphatic heterocycles. The Balaban J connectivity index is 1.84. The Hall–Kier alpha value is -2.69. The van der Waals surface area contributed by atoms with E-state index in [1.165, 1.54) is 13.2 Å². The number of phenols is 1. The van der Waals surface area contributed by atoms with E-state index < -0.39 is 6.09 Å². The van der Waals surface area contributed by atoms with Crippen molar-refractivity contribution in [1.29, 1.82) is 0 Å². The van der Waals surface area contributed by atoms with Crippen LogP contribution in [0.2, 0.25) is 0 Å². The number of hydrogen-bond donors (Lipinski definition) is 2. The average Bonchev–Trinajstić information content (AvgIpc) is 2.53. The molecular formula is C16H17NO4. The molecule has 0 atom stereocenters. The van der Waals surface area contributed by atoms with E-state index in [2.05, 4.69) is 5.32 Å². The van der Waals surface area contributed by atoms with Crippen LogP contribution in [0.3, 0.4) is 0 Å². The number of nitrogens with one attached hydrogen (secondary N) is 1. The van der Waals surface area contributed by atoms with Crippen LogP contribution >= 0.6 is 0 Å². The van der Waals surface area contributed by atoms with Crippen molar-refractivity contribution in [3.05, 3.63) is 59.7 Å². The van der Waals surface area contributed by atoms with Gasteiger partial charge in [-0.05, 0) is 23.8 Å². The molecule has 0 saturated heterocycles. The van der Waals surface area contributed by atoms with Crippen molar-refractivity contribution in [3.8, 4) is 11.5 Å². The van der Waals surface area contributed by atoms with Crippen LogP contribution in [0.5, 0.6) is 11.5 Å². The van der Waals surface area contributed by atoms with Gasteiger partial charge in [0.1, 0.15) is 18.1 Å². The molecule has 0 aliphatic carbocycles. The molecule has 0 fully saturated rings. The fourth-order valence-corrected chi connectivity index (χ4v) is 1.77. The molecule has 21 heavy (non-hydrogen) atoms. The fraction of sp³-hybridized carbons (Fsp3) is 0.188. The number of ether oxygens (including phenoxy) is 2. The summed E-state index contributed by atoms with van der Waals surface area (Å²) in [6.45, 7) is 0.368. The Morgan fingerprint density at radius 2 is 1.95 bits per heavy atom. The zero-order chi connectivity index (χ0) is 15.1. The molecule has 110 valence electrons. The molecule has 2 aromatic carbocycles. The van der Waals surface area contributed by atoms with Gasteiger partial charge in [-0.3, -0.25) is 0 Å². The van der Waals surface area contributed by atoms with Crippen molar-refractivity contribution in [2.75, 3.05) is 7.11 Å². The van der Waals surface area contributed by atoms with Gasteiger partial charge in [-0.15, -0.1) is 0 Å². The predicted octanol–water partition coefficient (Wildman–Crippen LogP) is 2.83. The summed E-state index contributed by atoms with van der Waals surface area (Å²) >= 11 is 0. The first-order chi connectivity index (χ1) is 10.2. The first-order valence-corrected chi connectivity index (χ1v) is 6.49. The summed E-state index contributed by atoms with van der Waals surface area (Å²) in [6, 6.07) is 14.2. The molecular weight excluding hydrogens is 270 g/mol. The first kappa shape index (κ1) is 14.7. The Kier molecular flexibility index (Phi) is 5.04. The minimum atomic E-state index is -0.541. The lowest BCUT2D eigenvalue weighted by molar-refractivity contribution is 0.139. The second kappa shape index (κ2) is 7.19. The maximum Gasteiger partial charge on any atom is 0.407 e. The van der Waals surface area contributed by atoms with Crippen molar-refractivity contribution < 1.29 is 19.4 Å². The molecule has 0 radical (unpaired) electrons. The summed E-state index contributed by atoms with van der Waals surface area (Å²) in [7, 11) is 1.54. The highest BCUT2D eigenvalue weighted by atomic mass is 16.5. The maximum absolute atomic E-state index is 11.6. The summed E-state index contributed by atoms with van der Waals surface area (Å²) in [5.41, 5.74) is 1.47. The van der Waals surface area contributed by atoms with E-state index in [1.54, 1.807) is 12.1 Å². The van der Waals surface area contributed by atoms with Crippen molar-refractivity contribution >= 4 is 6.09 Å². The molecule has 0 bridgehead atoms. The van der Waals surface area contributed by atoms with Gasteiger partial charge in [0, 0.05) is 12.1 Å². The summed E-state index contributed by atoms with van der Waals surface area (Å²) in [6.07, 6.45) is -0.541. The third-order valence-electron chi connectivity index (χ3n) is 2.92. The van der Waals surface area contributed by atoms with Crippen LogP contribution in [0.25, 0.3) is 0 Å². The monoisotopic (exact) mass is 287 g/mol. The van der Waals surface area contributed by atoms with Gasteiger partial charge < -0.3 is 19.9 Å². The topological polar surface area (TPSA) is 67.8 Å². The predicted molar refractivity (Wildman–Crippen MR) is 78.1 cm³/mol. The van der Waals surface area contributed by atoms with Gasteiger partial charge in [0.2, 0.25) is 0 Å². The van der Waals surface area contributed by atoms with E-state index in [4.69, 9.17) is 9.47 Å². The van der Waals surface area contributed by atoms with Crippen LogP contribution < -0.4 is 10.1 Å². The van der Waals surface area contributed by atoms with Crippen molar-refractivity contribution in [3.63, 3.8) is 0 Å². The molecule has 0 spiro atoms. The molecule has 0 unspecified atom stereocenters. The van der Waals surface area contributed by atoms with E-state index in [0.29, 0.717) is 11.3 Å². The summed E-state index contributed by atoms with van der Waals surface area (Å²) < 4.78 is 10.2. The zero-order valence-corrected chi connectivity index (χ0v) is 11.7. The number of amides is 1. The Bertz CT molecular complexity index is 598. The summed E-state index contributed by atoms with van der Waals surface area (Å²) in [4.78, 5) is 11.6. The quantitative estimate of drug-likeness (QED) is 0.887. The van der Waals surface area contributed by atoms with Crippen molar-refractivity contribution in [2.45, 2.75) is 13.2 Å². The highest BCUT2D eigenvalue weighted by Crippen LogP contribution is 2.22. The number of hydrogen-bond acceptors (Lipinski definition) is 4. The largest absolute Gasteiger partial charge is 0.508 e. The lowest BCUT2D eigenvalue weighted by Crippen LogP contribution is -2.23. The van der Waals surface area contributed by atoms with Crippen LogP contribution in [-0.4, -0.2) is 18.3 Å². The van der Waals surface area contributed by atoms with E-state index in [0.717, 1.165) is 5.56 Å². The number of aromatic hydroxyl groups is 1. The molecule has 2 N–H and O–H groups in total. The van der Waals surface area contributed by atoms with Crippen molar-refractivity contribution in [2.24, 2.45) is 0 Å². The molecule has 0 saturated carbocycles. The number of alkyl carbamates (subject to hydrolysis) is 1. The van der Waals surface area contributed by atoms with E-state index in [1.807, 2.05) is 30.3 Å². The maximum atomic E-state index is 11.6. The zero-order valence-electron chi connectivity index (χ0n) is 11.7. The van der Waals surface area contributed by atoms with Gasteiger partial charge in [0.25, 0.3) is 0 Å². The van der Waals surface area contributed by atoms with E-state index in [9.17, 15) is 9.90 Å². The number of phenolic OH excluding ortho intramolecular Hbond substituents is 1. The third kappa shape index (κ3) is 4.42. The van der Waals surface area contributed by atoms with Gasteiger partial charge in [-0.1, -0.05) is 30.3 Å². The number of rotatable bonds is 5. The molecule has 0 aliphatic rings. The second-order valence-electron chi connectivity index (χ2n) is 4.41. The molecule has 1 amide bonds. The normalized spacial score (nSPS) is 9.95. The molecule has 0 heterocycles. The van der Waals surface area contributed by atoms with Gasteiger partial charge in [-0.2, -0.15) is 0 Å². The smallest absolute Gasteiger partial charge is 0.407 e. The molecule has 5 nitrogen and oxygen atoms in total. The molecule has 5 heteroatoms. The highest BCUT2D eigenvalue weighted by molar-refractivity contribution is 5.67. The minimum Gasteiger partial charge on any atom is -0.508 e. The Labute approximate surface area is 123 Å². The first-order valence-electron chi connectivity index (χ1n) is 6.49. The standard InChI is InChI=1S/C16H17NO4/c1-20-14-7-8-15(18)13(9-14)10-17-16(19)21-11-12-5-3-2-4-6-12/h2-9,18H,10-11H2,1H3,(H,17,19). The highest BCUT2D eigenvalue weighted by Gasteiger charge is 2.07. The Morgan fingerprint density at radius 3 is 2.67 bits per heavy atom. The number of benzene rings is 2. The number of methoxy groups -OCH3 is 1. The van der Waals surface area contributed by atoms with Gasteiger partial charge in [0.15, 0.2) is 0 Å². The van der Waals surface area contributed by atoms with Gasteiger partial charge in [-0.25, -0.2) is 4.79 Å². The fourth-order valence-electron chi connectivity index (χ4n) is 1.77. The molecule has 2 rings (SSSR count). The molecule has 0 aromatic heterocycles. The third-order valence-corrected chi connectivity index (χ3v) is 2.92. The van der Waals surface area contributed by atoms with E-state index >= 15 is 0 Å². The summed E-state index contributed by atoms with van der Waals surface area (Å²) in [5, 5.41) is 12.3. The minimum absolute atomic E-state index is 0.0964. The lowest BCUT2D eigenvalue weighted by atomic mass is 10.2.